The second kappa shape index (κ2) is 5.99. The van der Waals surface area contributed by atoms with Gasteiger partial charge >= 0.3 is 0 Å². The molecule has 0 aliphatic rings. The molecule has 14 heavy (non-hydrogen) atoms. The van der Waals surface area contributed by atoms with Gasteiger partial charge in [-0.25, -0.2) is 0 Å². The zero-order valence-corrected chi connectivity index (χ0v) is 9.68. The summed E-state index contributed by atoms with van der Waals surface area (Å²) in [5.74, 6) is 1.46. The van der Waals surface area contributed by atoms with Gasteiger partial charge in [0.1, 0.15) is 12.4 Å². The minimum atomic E-state index is 0.531. The van der Waals surface area contributed by atoms with Gasteiger partial charge in [0.2, 0.25) is 0 Å². The molecule has 0 saturated heterocycles. The Kier molecular flexibility index (Phi) is 4.91. The molecule has 0 saturated carbocycles. The molecule has 1 rings (SSSR count). The van der Waals surface area contributed by atoms with Crippen LogP contribution in [0.5, 0.6) is 5.75 Å². The van der Waals surface area contributed by atoms with Gasteiger partial charge in [-0.3, -0.25) is 0 Å². The SMILES string of the molecule is Cc1ccc(Cl)c(OCC=CCS)c1. The predicted octanol–water partition coefficient (Wildman–Crippen LogP) is 3.51. The Hall–Kier alpha value is -0.600. The molecule has 1 nitrogen and oxygen atoms in total. The molecular weight excluding hydrogens is 216 g/mol. The fourth-order valence-corrected chi connectivity index (χ4v) is 1.32. The summed E-state index contributed by atoms with van der Waals surface area (Å²) < 4.78 is 5.47. The second-order valence-electron chi connectivity index (χ2n) is 2.90. The first-order valence-electron chi connectivity index (χ1n) is 4.39. The standard InChI is InChI=1S/C11H13ClOS/c1-9-4-5-10(12)11(8-9)13-6-2-3-7-14/h2-5,8,14H,6-7H2,1H3. The van der Waals surface area contributed by atoms with Crippen LogP contribution in [-0.2, 0) is 0 Å². The van der Waals surface area contributed by atoms with E-state index in [1.807, 2.05) is 37.3 Å². The molecule has 0 atom stereocenters. The fraction of sp³-hybridized carbons (Fsp3) is 0.273. The summed E-state index contributed by atoms with van der Waals surface area (Å²) in [4.78, 5) is 0. The van der Waals surface area contributed by atoms with Crippen LogP contribution in [0.25, 0.3) is 0 Å². The van der Waals surface area contributed by atoms with Gasteiger partial charge in [0.15, 0.2) is 0 Å². The number of hydrogen-bond acceptors (Lipinski definition) is 2. The zero-order valence-electron chi connectivity index (χ0n) is 8.03. The van der Waals surface area contributed by atoms with E-state index >= 15 is 0 Å². The summed E-state index contributed by atoms with van der Waals surface area (Å²) in [5, 5.41) is 0.648. The van der Waals surface area contributed by atoms with Gasteiger partial charge in [-0.2, -0.15) is 12.6 Å². The van der Waals surface area contributed by atoms with Crippen LogP contribution in [0.2, 0.25) is 5.02 Å². The van der Waals surface area contributed by atoms with Crippen LogP contribution >= 0.6 is 24.2 Å². The Morgan fingerprint density at radius 2 is 2.21 bits per heavy atom. The van der Waals surface area contributed by atoms with Gasteiger partial charge in [0.05, 0.1) is 5.02 Å². The lowest BCUT2D eigenvalue weighted by Gasteiger charge is -2.06. The topological polar surface area (TPSA) is 9.23 Å². The van der Waals surface area contributed by atoms with Crippen molar-refractivity contribution < 1.29 is 4.74 Å². The normalized spacial score (nSPS) is 10.8. The molecule has 0 aliphatic carbocycles. The molecule has 0 spiro atoms. The number of hydrogen-bond donors (Lipinski definition) is 1. The van der Waals surface area contributed by atoms with E-state index in [0.29, 0.717) is 11.6 Å². The van der Waals surface area contributed by atoms with Crippen LogP contribution in [0, 0.1) is 6.92 Å². The second-order valence-corrected chi connectivity index (χ2v) is 3.67. The first-order chi connectivity index (χ1) is 6.74. The van der Waals surface area contributed by atoms with Gasteiger partial charge in [-0.15, -0.1) is 0 Å². The maximum absolute atomic E-state index is 5.94. The smallest absolute Gasteiger partial charge is 0.138 e. The van der Waals surface area contributed by atoms with Crippen molar-refractivity contribution in [3.8, 4) is 5.75 Å². The van der Waals surface area contributed by atoms with E-state index in [4.69, 9.17) is 16.3 Å². The average Bonchev–Trinajstić information content (AvgIpc) is 2.18. The molecule has 3 heteroatoms. The van der Waals surface area contributed by atoms with Crippen molar-refractivity contribution in [2.45, 2.75) is 6.92 Å². The summed E-state index contributed by atoms with van der Waals surface area (Å²) in [6, 6.07) is 5.73. The zero-order chi connectivity index (χ0) is 10.4. The molecule has 0 aromatic heterocycles. The highest BCUT2D eigenvalue weighted by Crippen LogP contribution is 2.24. The summed E-state index contributed by atoms with van der Waals surface area (Å²) in [5.41, 5.74) is 1.14. The van der Waals surface area contributed by atoms with Crippen molar-refractivity contribution >= 4 is 24.2 Å². The molecule has 0 aliphatic heterocycles. The highest BCUT2D eigenvalue weighted by Gasteiger charge is 1.99. The quantitative estimate of drug-likeness (QED) is 0.613. The Morgan fingerprint density at radius 1 is 1.43 bits per heavy atom. The Morgan fingerprint density at radius 3 is 2.93 bits per heavy atom. The number of benzene rings is 1. The third kappa shape index (κ3) is 3.64. The molecule has 0 radical (unpaired) electrons. The molecule has 0 N–H and O–H groups in total. The molecule has 0 unspecified atom stereocenters. The van der Waals surface area contributed by atoms with Crippen LogP contribution in [0.1, 0.15) is 5.56 Å². The lowest BCUT2D eigenvalue weighted by Crippen LogP contribution is -1.94. The number of ether oxygens (including phenoxy) is 1. The van der Waals surface area contributed by atoms with E-state index in [0.717, 1.165) is 17.1 Å². The molecule has 0 amide bonds. The fourth-order valence-electron chi connectivity index (χ4n) is 1.00. The van der Waals surface area contributed by atoms with E-state index in [2.05, 4.69) is 12.6 Å². The Balaban J connectivity index is 2.57. The van der Waals surface area contributed by atoms with Crippen molar-refractivity contribution in [2.75, 3.05) is 12.4 Å². The number of halogens is 1. The van der Waals surface area contributed by atoms with Crippen molar-refractivity contribution in [3.05, 3.63) is 40.9 Å². The summed E-state index contributed by atoms with van der Waals surface area (Å²) in [7, 11) is 0. The molecule has 1 aromatic rings. The van der Waals surface area contributed by atoms with Gasteiger partial charge in [0, 0.05) is 5.75 Å². The number of aryl methyl sites for hydroxylation is 1. The van der Waals surface area contributed by atoms with Crippen LogP contribution in [0.3, 0.4) is 0 Å². The van der Waals surface area contributed by atoms with E-state index in [9.17, 15) is 0 Å². The first-order valence-corrected chi connectivity index (χ1v) is 5.40. The monoisotopic (exact) mass is 228 g/mol. The van der Waals surface area contributed by atoms with E-state index in [1.165, 1.54) is 0 Å². The third-order valence-corrected chi connectivity index (χ3v) is 2.22. The summed E-state index contributed by atoms with van der Waals surface area (Å²) in [6.45, 7) is 2.54. The minimum absolute atomic E-state index is 0.531. The lowest BCUT2D eigenvalue weighted by molar-refractivity contribution is 0.363. The number of rotatable bonds is 4. The van der Waals surface area contributed by atoms with Crippen LogP contribution in [-0.4, -0.2) is 12.4 Å². The van der Waals surface area contributed by atoms with E-state index in [1.54, 1.807) is 0 Å². The van der Waals surface area contributed by atoms with Gasteiger partial charge < -0.3 is 4.74 Å². The molecule has 0 bridgehead atoms. The summed E-state index contributed by atoms with van der Waals surface area (Å²) >= 11 is 9.99. The largest absolute Gasteiger partial charge is 0.488 e. The van der Waals surface area contributed by atoms with Crippen LogP contribution < -0.4 is 4.74 Å². The Labute approximate surface area is 95.1 Å². The minimum Gasteiger partial charge on any atom is -0.488 e. The molecule has 0 heterocycles. The maximum atomic E-state index is 5.94. The highest BCUT2D eigenvalue weighted by atomic mass is 35.5. The lowest BCUT2D eigenvalue weighted by atomic mass is 10.2. The summed E-state index contributed by atoms with van der Waals surface area (Å²) in [6.07, 6.45) is 3.86. The highest BCUT2D eigenvalue weighted by molar-refractivity contribution is 7.80. The van der Waals surface area contributed by atoms with Crippen molar-refractivity contribution in [1.82, 2.24) is 0 Å². The maximum Gasteiger partial charge on any atom is 0.138 e. The van der Waals surface area contributed by atoms with Gasteiger partial charge in [0.25, 0.3) is 0 Å². The van der Waals surface area contributed by atoms with E-state index < -0.39 is 0 Å². The van der Waals surface area contributed by atoms with Crippen molar-refractivity contribution in [2.24, 2.45) is 0 Å². The van der Waals surface area contributed by atoms with Crippen LogP contribution in [0.4, 0.5) is 0 Å². The molecule has 76 valence electrons. The van der Waals surface area contributed by atoms with Gasteiger partial charge in [-0.1, -0.05) is 29.8 Å². The van der Waals surface area contributed by atoms with Crippen molar-refractivity contribution in [1.29, 1.82) is 0 Å². The average molecular weight is 229 g/mol. The molecular formula is C11H13ClOS. The van der Waals surface area contributed by atoms with Gasteiger partial charge in [-0.05, 0) is 24.6 Å². The first kappa shape index (κ1) is 11.5. The van der Waals surface area contributed by atoms with Crippen molar-refractivity contribution in [3.63, 3.8) is 0 Å². The predicted molar refractivity (Wildman–Crippen MR) is 64.7 cm³/mol. The van der Waals surface area contributed by atoms with E-state index in [-0.39, 0.29) is 0 Å². The number of thiol groups is 1. The third-order valence-electron chi connectivity index (χ3n) is 1.69. The Bertz CT molecular complexity index is 323. The molecule has 0 fully saturated rings. The van der Waals surface area contributed by atoms with Crippen LogP contribution in [0.15, 0.2) is 30.4 Å². The molecule has 1 aromatic carbocycles.